The van der Waals surface area contributed by atoms with Gasteiger partial charge in [-0.05, 0) is 68.8 Å². The van der Waals surface area contributed by atoms with Gasteiger partial charge in [-0.2, -0.15) is 0 Å². The molecule has 2 atom stereocenters. The highest BCUT2D eigenvalue weighted by Crippen LogP contribution is 2.60. The van der Waals surface area contributed by atoms with Crippen molar-refractivity contribution in [1.29, 1.82) is 0 Å². The van der Waals surface area contributed by atoms with E-state index in [0.29, 0.717) is 23.3 Å². The molecule has 146 valence electrons. The van der Waals surface area contributed by atoms with Crippen molar-refractivity contribution in [2.45, 2.75) is 57.6 Å². The summed E-state index contributed by atoms with van der Waals surface area (Å²) in [5.74, 6) is 1.27. The van der Waals surface area contributed by atoms with Gasteiger partial charge in [0.25, 0.3) is 0 Å². The highest BCUT2D eigenvalue weighted by Gasteiger charge is 2.55. The molecule has 0 spiro atoms. The number of aliphatic hydroxyl groups is 1. The summed E-state index contributed by atoms with van der Waals surface area (Å²) < 4.78 is 5.15. The predicted octanol–water partition coefficient (Wildman–Crippen LogP) is 2.98. The van der Waals surface area contributed by atoms with Crippen molar-refractivity contribution in [1.82, 2.24) is 5.32 Å². The van der Waals surface area contributed by atoms with Gasteiger partial charge in [0.1, 0.15) is 6.10 Å². The first-order valence-corrected chi connectivity index (χ1v) is 10.2. The molecule has 4 aliphatic carbocycles. The van der Waals surface area contributed by atoms with E-state index in [-0.39, 0.29) is 17.9 Å². The maximum atomic E-state index is 13.3. The Balaban J connectivity index is 1.54. The fraction of sp³-hybridized carbons (Fsp3) is 0.636. The summed E-state index contributed by atoms with van der Waals surface area (Å²) in [6, 6.07) is 7.90. The summed E-state index contributed by atoms with van der Waals surface area (Å²) >= 11 is 0. The molecule has 2 N–H and O–H groups in total. The number of benzene rings is 1. The maximum absolute atomic E-state index is 13.3. The van der Waals surface area contributed by atoms with Crippen LogP contribution in [0.5, 0.6) is 0 Å². The van der Waals surface area contributed by atoms with E-state index in [1.165, 1.54) is 19.3 Å². The highest BCUT2D eigenvalue weighted by atomic mass is 16.5. The number of aliphatic hydroxyl groups excluding tert-OH is 1. The molecule has 4 aliphatic rings. The standard InChI is InChI=1S/C22H29NO4/c1-2-27-20(25)18(19(24)17-6-4-3-5-7-17)23-21(26)22-11-14-8-15(12-22)10-16(9-14)13-22/h3-7,14-16,18-19,24H,2,8-13H2,1H3,(H,23,26). The zero-order valence-corrected chi connectivity index (χ0v) is 15.9. The second-order valence-corrected chi connectivity index (χ2v) is 8.76. The lowest BCUT2D eigenvalue weighted by Crippen LogP contribution is -2.57. The molecule has 4 bridgehead atoms. The van der Waals surface area contributed by atoms with E-state index in [0.717, 1.165) is 19.3 Å². The quantitative estimate of drug-likeness (QED) is 0.754. The minimum Gasteiger partial charge on any atom is -0.464 e. The van der Waals surface area contributed by atoms with Crippen LogP contribution in [0.2, 0.25) is 0 Å². The first-order valence-electron chi connectivity index (χ1n) is 10.2. The van der Waals surface area contributed by atoms with Crippen LogP contribution in [0.3, 0.4) is 0 Å². The highest BCUT2D eigenvalue weighted by molar-refractivity contribution is 5.89. The number of hydrogen-bond acceptors (Lipinski definition) is 4. The monoisotopic (exact) mass is 371 g/mol. The molecule has 27 heavy (non-hydrogen) atoms. The summed E-state index contributed by atoms with van der Waals surface area (Å²) in [5, 5.41) is 13.7. The van der Waals surface area contributed by atoms with E-state index < -0.39 is 18.1 Å². The number of carbonyl (C=O) groups excluding carboxylic acids is 2. The first-order chi connectivity index (χ1) is 13.0. The van der Waals surface area contributed by atoms with Gasteiger partial charge < -0.3 is 15.2 Å². The van der Waals surface area contributed by atoms with Crippen LogP contribution >= 0.6 is 0 Å². The van der Waals surface area contributed by atoms with Gasteiger partial charge in [-0.25, -0.2) is 4.79 Å². The molecule has 4 fully saturated rings. The minimum atomic E-state index is -1.12. The molecule has 0 heterocycles. The normalized spacial score (nSPS) is 33.3. The second-order valence-electron chi connectivity index (χ2n) is 8.76. The van der Waals surface area contributed by atoms with Crippen LogP contribution in [-0.4, -0.2) is 29.6 Å². The van der Waals surface area contributed by atoms with E-state index in [1.54, 1.807) is 19.1 Å². The molecular weight excluding hydrogens is 342 g/mol. The van der Waals surface area contributed by atoms with Crippen molar-refractivity contribution >= 4 is 11.9 Å². The van der Waals surface area contributed by atoms with E-state index in [2.05, 4.69) is 5.32 Å². The predicted molar refractivity (Wildman–Crippen MR) is 101 cm³/mol. The molecule has 5 nitrogen and oxygen atoms in total. The van der Waals surface area contributed by atoms with Crippen LogP contribution in [0, 0.1) is 23.2 Å². The molecule has 1 aromatic carbocycles. The van der Waals surface area contributed by atoms with Crippen LogP contribution in [-0.2, 0) is 14.3 Å². The molecule has 1 amide bonds. The number of ether oxygens (including phenoxy) is 1. The largest absolute Gasteiger partial charge is 0.464 e. The van der Waals surface area contributed by atoms with Crippen LogP contribution < -0.4 is 5.32 Å². The fourth-order valence-corrected chi connectivity index (χ4v) is 6.02. The summed E-state index contributed by atoms with van der Waals surface area (Å²) in [7, 11) is 0. The van der Waals surface area contributed by atoms with Crippen LogP contribution in [0.1, 0.15) is 57.1 Å². The van der Waals surface area contributed by atoms with Gasteiger partial charge in [-0.1, -0.05) is 30.3 Å². The maximum Gasteiger partial charge on any atom is 0.331 e. The molecule has 5 heteroatoms. The van der Waals surface area contributed by atoms with Crippen molar-refractivity contribution in [2.75, 3.05) is 6.61 Å². The third-order valence-corrected chi connectivity index (χ3v) is 6.80. The fourth-order valence-electron chi connectivity index (χ4n) is 6.02. The summed E-state index contributed by atoms with van der Waals surface area (Å²) in [4.78, 5) is 25.8. The molecule has 4 saturated carbocycles. The molecular formula is C22H29NO4. The van der Waals surface area contributed by atoms with Gasteiger partial charge in [-0.15, -0.1) is 0 Å². The first kappa shape index (κ1) is 18.5. The second kappa shape index (κ2) is 7.27. The topological polar surface area (TPSA) is 75.6 Å². The number of rotatable bonds is 6. The van der Waals surface area contributed by atoms with Gasteiger partial charge in [-0.3, -0.25) is 4.79 Å². The Morgan fingerprint density at radius 2 is 1.67 bits per heavy atom. The van der Waals surface area contributed by atoms with E-state index >= 15 is 0 Å². The van der Waals surface area contributed by atoms with Crippen LogP contribution in [0.4, 0.5) is 0 Å². The van der Waals surface area contributed by atoms with E-state index in [4.69, 9.17) is 4.74 Å². The molecule has 0 saturated heterocycles. The molecule has 1 aromatic rings. The zero-order chi connectivity index (χ0) is 19.0. The number of amides is 1. The van der Waals surface area contributed by atoms with Crippen molar-refractivity contribution in [3.8, 4) is 0 Å². The van der Waals surface area contributed by atoms with Crippen molar-refractivity contribution < 1.29 is 19.4 Å². The molecule has 0 aliphatic heterocycles. The molecule has 0 radical (unpaired) electrons. The van der Waals surface area contributed by atoms with E-state index in [1.807, 2.05) is 18.2 Å². The Labute approximate surface area is 160 Å². The lowest BCUT2D eigenvalue weighted by Gasteiger charge is -2.55. The average molecular weight is 371 g/mol. The lowest BCUT2D eigenvalue weighted by molar-refractivity contribution is -0.157. The Hall–Kier alpha value is -1.88. The minimum absolute atomic E-state index is 0.0744. The lowest BCUT2D eigenvalue weighted by atomic mass is 9.49. The Morgan fingerprint density at radius 1 is 1.11 bits per heavy atom. The number of carbonyl (C=O) groups is 2. The third-order valence-electron chi connectivity index (χ3n) is 6.80. The Morgan fingerprint density at radius 3 is 2.19 bits per heavy atom. The van der Waals surface area contributed by atoms with Gasteiger partial charge in [0, 0.05) is 5.41 Å². The van der Waals surface area contributed by atoms with Gasteiger partial charge in [0.15, 0.2) is 6.04 Å². The SMILES string of the molecule is CCOC(=O)C(NC(=O)C12CC3CC(CC(C3)C1)C2)C(O)c1ccccc1. The van der Waals surface area contributed by atoms with Crippen molar-refractivity contribution in [3.63, 3.8) is 0 Å². The molecule has 2 unspecified atom stereocenters. The van der Waals surface area contributed by atoms with Gasteiger partial charge >= 0.3 is 5.97 Å². The number of esters is 1. The number of nitrogens with one attached hydrogen (secondary N) is 1. The van der Waals surface area contributed by atoms with Crippen LogP contribution in [0.15, 0.2) is 30.3 Å². The van der Waals surface area contributed by atoms with Crippen molar-refractivity contribution in [2.24, 2.45) is 23.2 Å². The van der Waals surface area contributed by atoms with Gasteiger partial charge in [0.2, 0.25) is 5.91 Å². The molecule has 5 rings (SSSR count). The summed E-state index contributed by atoms with van der Waals surface area (Å²) in [5.41, 5.74) is 0.233. The smallest absolute Gasteiger partial charge is 0.331 e. The van der Waals surface area contributed by atoms with Crippen LogP contribution in [0.25, 0.3) is 0 Å². The van der Waals surface area contributed by atoms with Crippen molar-refractivity contribution in [3.05, 3.63) is 35.9 Å². The average Bonchev–Trinajstić information content (AvgIpc) is 2.65. The van der Waals surface area contributed by atoms with Gasteiger partial charge in [0.05, 0.1) is 6.61 Å². The Bertz CT molecular complexity index is 666. The summed E-state index contributed by atoms with van der Waals surface area (Å²) in [6.07, 6.45) is 5.38. The Kier molecular flexibility index (Phi) is 4.97. The summed E-state index contributed by atoms with van der Waals surface area (Å²) in [6.45, 7) is 1.94. The molecule has 0 aromatic heterocycles. The number of hydrogen-bond donors (Lipinski definition) is 2. The van der Waals surface area contributed by atoms with E-state index in [9.17, 15) is 14.7 Å². The third kappa shape index (κ3) is 3.49. The zero-order valence-electron chi connectivity index (χ0n) is 15.9.